The molecule has 0 bridgehead atoms. The van der Waals surface area contributed by atoms with E-state index in [1.165, 1.54) is 4.90 Å². The second kappa shape index (κ2) is 8.27. The minimum Gasteiger partial charge on any atom is -0.347 e. The standard InChI is InChI=1S/C17H25BrN4OS/c1-17(2,3)20-15(23)12-21-7-9-22(10-8-21)16(24)19-14-6-4-5-13(18)11-14/h4-6,11H,7-10,12H2,1-3H3,(H,19,24)(H,20,23)/p+1. The molecule has 1 saturated heterocycles. The van der Waals surface area contributed by atoms with Gasteiger partial charge in [-0.05, 0) is 51.2 Å². The molecule has 0 saturated carbocycles. The van der Waals surface area contributed by atoms with Crippen LogP contribution in [0.2, 0.25) is 0 Å². The number of nitrogens with one attached hydrogen (secondary N) is 3. The summed E-state index contributed by atoms with van der Waals surface area (Å²) in [5.41, 5.74) is 0.807. The number of rotatable bonds is 3. The quantitative estimate of drug-likeness (QED) is 0.652. The Kier molecular flexibility index (Phi) is 6.60. The van der Waals surface area contributed by atoms with Crippen molar-refractivity contribution in [3.8, 4) is 0 Å². The molecule has 0 aliphatic carbocycles. The predicted molar refractivity (Wildman–Crippen MR) is 105 cm³/mol. The fourth-order valence-electron chi connectivity index (χ4n) is 2.66. The largest absolute Gasteiger partial charge is 0.347 e. The summed E-state index contributed by atoms with van der Waals surface area (Å²) in [5, 5.41) is 7.04. The summed E-state index contributed by atoms with van der Waals surface area (Å²) in [6.45, 7) is 10.1. The van der Waals surface area contributed by atoms with Crippen LogP contribution in [-0.2, 0) is 4.79 Å². The highest BCUT2D eigenvalue weighted by atomic mass is 79.9. The molecule has 5 nitrogen and oxygen atoms in total. The Morgan fingerprint density at radius 3 is 2.58 bits per heavy atom. The van der Waals surface area contributed by atoms with E-state index >= 15 is 0 Å². The van der Waals surface area contributed by atoms with Gasteiger partial charge in [-0.2, -0.15) is 0 Å². The molecule has 0 unspecified atom stereocenters. The number of hydrogen-bond donors (Lipinski definition) is 3. The molecule has 1 heterocycles. The van der Waals surface area contributed by atoms with Crippen molar-refractivity contribution < 1.29 is 9.69 Å². The first-order valence-corrected chi connectivity index (χ1v) is 9.39. The van der Waals surface area contributed by atoms with Crippen molar-refractivity contribution in [2.24, 2.45) is 0 Å². The van der Waals surface area contributed by atoms with Crippen molar-refractivity contribution >= 4 is 44.9 Å². The number of hydrogen-bond acceptors (Lipinski definition) is 2. The van der Waals surface area contributed by atoms with Crippen LogP contribution in [0.15, 0.2) is 28.7 Å². The Labute approximate surface area is 157 Å². The Hall–Kier alpha value is -1.18. The van der Waals surface area contributed by atoms with Crippen molar-refractivity contribution in [1.29, 1.82) is 0 Å². The number of piperazine rings is 1. The molecule has 0 aromatic heterocycles. The smallest absolute Gasteiger partial charge is 0.275 e. The van der Waals surface area contributed by atoms with E-state index in [0.717, 1.165) is 41.5 Å². The minimum atomic E-state index is -0.173. The maximum atomic E-state index is 12.0. The van der Waals surface area contributed by atoms with E-state index in [4.69, 9.17) is 12.2 Å². The summed E-state index contributed by atoms with van der Waals surface area (Å²) in [6.07, 6.45) is 0. The summed E-state index contributed by atoms with van der Waals surface area (Å²) in [4.78, 5) is 15.5. The molecule has 1 aromatic rings. The highest BCUT2D eigenvalue weighted by Crippen LogP contribution is 2.16. The molecular formula is C17H26BrN4OS+. The van der Waals surface area contributed by atoms with Gasteiger partial charge in [0, 0.05) is 15.7 Å². The topological polar surface area (TPSA) is 48.8 Å². The molecule has 24 heavy (non-hydrogen) atoms. The lowest BCUT2D eigenvalue weighted by Gasteiger charge is -2.34. The molecule has 0 atom stereocenters. The van der Waals surface area contributed by atoms with E-state index in [1.807, 2.05) is 45.0 Å². The number of carbonyl (C=O) groups excluding carboxylic acids is 1. The zero-order chi connectivity index (χ0) is 17.7. The molecule has 1 aromatic carbocycles. The summed E-state index contributed by atoms with van der Waals surface area (Å²) >= 11 is 8.97. The van der Waals surface area contributed by atoms with Gasteiger partial charge < -0.3 is 20.4 Å². The van der Waals surface area contributed by atoms with E-state index < -0.39 is 0 Å². The van der Waals surface area contributed by atoms with Crippen molar-refractivity contribution in [2.45, 2.75) is 26.3 Å². The second-order valence-electron chi connectivity index (χ2n) is 7.15. The van der Waals surface area contributed by atoms with Crippen LogP contribution in [0.1, 0.15) is 20.8 Å². The fourth-order valence-corrected chi connectivity index (χ4v) is 3.36. The maximum absolute atomic E-state index is 12.0. The van der Waals surface area contributed by atoms with Crippen LogP contribution in [0.4, 0.5) is 5.69 Å². The molecule has 2 rings (SSSR count). The third-order valence-electron chi connectivity index (χ3n) is 3.76. The Morgan fingerprint density at radius 1 is 1.33 bits per heavy atom. The lowest BCUT2D eigenvalue weighted by Crippen LogP contribution is -3.16. The average Bonchev–Trinajstić information content (AvgIpc) is 2.45. The molecule has 7 heteroatoms. The van der Waals surface area contributed by atoms with Crippen LogP contribution >= 0.6 is 28.1 Å². The van der Waals surface area contributed by atoms with Gasteiger partial charge in [-0.15, -0.1) is 0 Å². The minimum absolute atomic E-state index is 0.112. The summed E-state index contributed by atoms with van der Waals surface area (Å²) in [7, 11) is 0. The van der Waals surface area contributed by atoms with Gasteiger partial charge in [0.25, 0.3) is 5.91 Å². The zero-order valence-electron chi connectivity index (χ0n) is 14.5. The van der Waals surface area contributed by atoms with Crippen molar-refractivity contribution in [1.82, 2.24) is 10.2 Å². The third-order valence-corrected chi connectivity index (χ3v) is 4.61. The Bertz CT molecular complexity index is 594. The maximum Gasteiger partial charge on any atom is 0.275 e. The van der Waals surface area contributed by atoms with Gasteiger partial charge in [0.1, 0.15) is 0 Å². The number of halogens is 1. The second-order valence-corrected chi connectivity index (χ2v) is 8.45. The first-order chi connectivity index (χ1) is 11.2. The van der Waals surface area contributed by atoms with Gasteiger partial charge in [-0.3, -0.25) is 4.79 Å². The molecule has 0 spiro atoms. The van der Waals surface area contributed by atoms with Crippen molar-refractivity contribution in [3.63, 3.8) is 0 Å². The predicted octanol–water partition coefficient (Wildman–Crippen LogP) is 1.26. The van der Waals surface area contributed by atoms with Crippen LogP contribution in [0.25, 0.3) is 0 Å². The summed E-state index contributed by atoms with van der Waals surface area (Å²) in [5.74, 6) is 0.112. The highest BCUT2D eigenvalue weighted by molar-refractivity contribution is 9.10. The average molecular weight is 414 g/mol. The van der Waals surface area contributed by atoms with Gasteiger partial charge in [0.15, 0.2) is 11.7 Å². The number of amides is 1. The molecule has 3 N–H and O–H groups in total. The molecule has 1 fully saturated rings. The van der Waals surface area contributed by atoms with Gasteiger partial charge in [0.2, 0.25) is 0 Å². The van der Waals surface area contributed by atoms with Gasteiger partial charge in [-0.1, -0.05) is 22.0 Å². The number of benzene rings is 1. The summed E-state index contributed by atoms with van der Waals surface area (Å²) in [6, 6.07) is 7.96. The first kappa shape index (κ1) is 19.1. The van der Waals surface area contributed by atoms with E-state index in [9.17, 15) is 4.79 Å². The van der Waals surface area contributed by atoms with Crippen LogP contribution in [0.5, 0.6) is 0 Å². The zero-order valence-corrected chi connectivity index (χ0v) is 16.9. The molecule has 1 aliphatic heterocycles. The fraction of sp³-hybridized carbons (Fsp3) is 0.529. The van der Waals surface area contributed by atoms with E-state index in [1.54, 1.807) is 0 Å². The SMILES string of the molecule is CC(C)(C)NC(=O)C[NH+]1CCN(C(=S)Nc2cccc(Br)c2)CC1. The summed E-state index contributed by atoms with van der Waals surface area (Å²) < 4.78 is 1.02. The van der Waals surface area contributed by atoms with Crippen molar-refractivity contribution in [3.05, 3.63) is 28.7 Å². The first-order valence-electron chi connectivity index (χ1n) is 8.19. The van der Waals surface area contributed by atoms with E-state index in [-0.39, 0.29) is 11.4 Å². The van der Waals surface area contributed by atoms with Crippen molar-refractivity contribution in [2.75, 3.05) is 38.0 Å². The third kappa shape index (κ3) is 6.37. The van der Waals surface area contributed by atoms with E-state index in [0.29, 0.717) is 6.54 Å². The number of anilines is 1. The lowest BCUT2D eigenvalue weighted by molar-refractivity contribution is -0.895. The molecule has 132 valence electrons. The van der Waals surface area contributed by atoms with Gasteiger partial charge >= 0.3 is 0 Å². The number of carbonyl (C=O) groups is 1. The number of nitrogens with zero attached hydrogens (tertiary/aromatic N) is 1. The van der Waals surface area contributed by atoms with Crippen LogP contribution in [-0.4, -0.2) is 54.2 Å². The molecule has 1 amide bonds. The van der Waals surface area contributed by atoms with Gasteiger partial charge in [-0.25, -0.2) is 0 Å². The van der Waals surface area contributed by atoms with Crippen LogP contribution < -0.4 is 15.5 Å². The number of thiocarbonyl (C=S) groups is 1. The Balaban J connectivity index is 1.78. The lowest BCUT2D eigenvalue weighted by atomic mass is 10.1. The monoisotopic (exact) mass is 413 g/mol. The molecule has 1 aliphatic rings. The van der Waals surface area contributed by atoms with Gasteiger partial charge in [0.05, 0.1) is 26.2 Å². The Morgan fingerprint density at radius 2 is 2.00 bits per heavy atom. The van der Waals surface area contributed by atoms with Crippen LogP contribution in [0, 0.1) is 0 Å². The molecular weight excluding hydrogens is 388 g/mol. The normalized spacial score (nSPS) is 15.9. The van der Waals surface area contributed by atoms with E-state index in [2.05, 4.69) is 31.5 Å². The molecule has 0 radical (unpaired) electrons. The van der Waals surface area contributed by atoms with Crippen LogP contribution in [0.3, 0.4) is 0 Å². The highest BCUT2D eigenvalue weighted by Gasteiger charge is 2.25. The number of quaternary nitrogens is 1.